The van der Waals surface area contributed by atoms with E-state index in [2.05, 4.69) is 22.5 Å². The highest BCUT2D eigenvalue weighted by Gasteiger charge is 2.01. The second kappa shape index (κ2) is 9.83. The van der Waals surface area contributed by atoms with Gasteiger partial charge in [0.1, 0.15) is 6.54 Å². The van der Waals surface area contributed by atoms with Crippen LogP contribution < -0.4 is 16.4 Å². The van der Waals surface area contributed by atoms with Crippen molar-refractivity contribution in [2.45, 2.75) is 13.3 Å². The molecule has 0 atom stereocenters. The molecule has 23 heavy (non-hydrogen) atoms. The lowest BCUT2D eigenvalue weighted by Crippen LogP contribution is -2.25. The number of nitrogens with zero attached hydrogens (tertiary/aromatic N) is 1. The number of carbonyl (C=O) groups is 1. The molecule has 2 aromatic rings. The van der Waals surface area contributed by atoms with E-state index in [0.717, 1.165) is 17.8 Å². The number of hydrogen-bond acceptors (Lipinski definition) is 2. The topological polar surface area (TPSA) is 79.5 Å². The molecule has 4 N–H and O–H groups in total. The first-order chi connectivity index (χ1) is 10.7. The van der Waals surface area contributed by atoms with Crippen molar-refractivity contribution in [3.8, 4) is 0 Å². The largest absolute Gasteiger partial charge is 0.370 e. The fourth-order valence-electron chi connectivity index (χ4n) is 1.89. The van der Waals surface area contributed by atoms with E-state index in [0.29, 0.717) is 0 Å². The highest BCUT2D eigenvalue weighted by atomic mass is 127. The summed E-state index contributed by atoms with van der Waals surface area (Å²) in [5.74, 6) is 0.00439. The molecule has 2 rings (SSSR count). The number of aryl methyl sites for hydroxylation is 1. The van der Waals surface area contributed by atoms with Gasteiger partial charge in [0.15, 0.2) is 5.96 Å². The fraction of sp³-hybridized carbons (Fsp3) is 0.176. The van der Waals surface area contributed by atoms with Gasteiger partial charge in [-0.15, -0.1) is 24.0 Å². The van der Waals surface area contributed by atoms with Crippen LogP contribution in [0.15, 0.2) is 59.6 Å². The molecule has 0 heterocycles. The molecular formula is C17H21IN4O. The van der Waals surface area contributed by atoms with E-state index < -0.39 is 0 Å². The minimum Gasteiger partial charge on any atom is -0.370 e. The zero-order chi connectivity index (χ0) is 15.8. The maximum absolute atomic E-state index is 11.8. The Morgan fingerprint density at radius 2 is 1.61 bits per heavy atom. The molecule has 0 saturated carbocycles. The molecule has 0 fully saturated rings. The number of aliphatic imine (C=N–C) groups is 1. The molecule has 0 radical (unpaired) electrons. The Bertz CT molecular complexity index is 641. The van der Waals surface area contributed by atoms with Crippen molar-refractivity contribution in [3.63, 3.8) is 0 Å². The number of rotatable bonds is 5. The molecule has 1 amide bonds. The fourth-order valence-corrected chi connectivity index (χ4v) is 1.89. The summed E-state index contributed by atoms with van der Waals surface area (Å²) in [5, 5.41) is 5.71. The molecule has 0 aliphatic heterocycles. The number of nitrogens with two attached hydrogens (primary N) is 1. The van der Waals surface area contributed by atoms with Crippen molar-refractivity contribution in [2.75, 3.05) is 17.2 Å². The Labute approximate surface area is 153 Å². The average molecular weight is 424 g/mol. The molecule has 2 aromatic carbocycles. The molecular weight excluding hydrogens is 403 g/mol. The maximum Gasteiger partial charge on any atom is 0.246 e. The summed E-state index contributed by atoms with van der Waals surface area (Å²) in [4.78, 5) is 15.8. The predicted octanol–water partition coefficient (Wildman–Crippen LogP) is 3.23. The van der Waals surface area contributed by atoms with Crippen LogP contribution in [0, 0.1) is 0 Å². The summed E-state index contributed by atoms with van der Waals surface area (Å²) in [6.45, 7) is 2.07. The molecule has 122 valence electrons. The van der Waals surface area contributed by atoms with Gasteiger partial charge in [0, 0.05) is 11.4 Å². The van der Waals surface area contributed by atoms with E-state index in [4.69, 9.17) is 5.73 Å². The van der Waals surface area contributed by atoms with Crippen molar-refractivity contribution in [1.29, 1.82) is 0 Å². The van der Waals surface area contributed by atoms with E-state index >= 15 is 0 Å². The van der Waals surface area contributed by atoms with Crippen LogP contribution in [0.2, 0.25) is 0 Å². The summed E-state index contributed by atoms with van der Waals surface area (Å²) in [6.07, 6.45) is 0.990. The van der Waals surface area contributed by atoms with Crippen LogP contribution in [-0.2, 0) is 11.2 Å². The van der Waals surface area contributed by atoms with E-state index in [9.17, 15) is 4.79 Å². The second-order valence-electron chi connectivity index (χ2n) is 4.79. The lowest BCUT2D eigenvalue weighted by molar-refractivity contribution is -0.114. The summed E-state index contributed by atoms with van der Waals surface area (Å²) in [7, 11) is 0. The first-order valence-corrected chi connectivity index (χ1v) is 7.18. The lowest BCUT2D eigenvalue weighted by Gasteiger charge is -2.07. The van der Waals surface area contributed by atoms with Crippen LogP contribution in [-0.4, -0.2) is 18.4 Å². The highest BCUT2D eigenvalue weighted by Crippen LogP contribution is 2.09. The number of halogens is 1. The highest BCUT2D eigenvalue weighted by molar-refractivity contribution is 14.0. The number of hydrogen-bond donors (Lipinski definition) is 3. The molecule has 0 aliphatic rings. The first-order valence-electron chi connectivity index (χ1n) is 7.18. The molecule has 5 nitrogen and oxygen atoms in total. The van der Waals surface area contributed by atoms with E-state index in [1.807, 2.05) is 54.6 Å². The average Bonchev–Trinajstić information content (AvgIpc) is 2.55. The summed E-state index contributed by atoms with van der Waals surface area (Å²) < 4.78 is 0. The Kier molecular flexibility index (Phi) is 8.10. The van der Waals surface area contributed by atoms with Crippen molar-refractivity contribution in [2.24, 2.45) is 10.7 Å². The quantitative estimate of drug-likeness (QED) is 0.392. The minimum atomic E-state index is -0.211. The smallest absolute Gasteiger partial charge is 0.246 e. The van der Waals surface area contributed by atoms with E-state index in [1.54, 1.807) is 0 Å². The zero-order valence-corrected chi connectivity index (χ0v) is 15.3. The Morgan fingerprint density at radius 1 is 1.00 bits per heavy atom. The van der Waals surface area contributed by atoms with Gasteiger partial charge in [-0.05, 0) is 36.2 Å². The Hall–Kier alpha value is -2.09. The lowest BCUT2D eigenvalue weighted by atomic mass is 10.1. The van der Waals surface area contributed by atoms with Crippen molar-refractivity contribution < 1.29 is 4.79 Å². The Morgan fingerprint density at radius 3 is 2.22 bits per heavy atom. The zero-order valence-electron chi connectivity index (χ0n) is 13.0. The number of benzene rings is 2. The molecule has 0 bridgehead atoms. The van der Waals surface area contributed by atoms with Crippen LogP contribution in [0.1, 0.15) is 12.5 Å². The number of nitrogens with one attached hydrogen (secondary N) is 2. The number of carbonyl (C=O) groups excluding carboxylic acids is 1. The third-order valence-corrected chi connectivity index (χ3v) is 3.09. The van der Waals surface area contributed by atoms with Crippen molar-refractivity contribution in [1.82, 2.24) is 0 Å². The second-order valence-corrected chi connectivity index (χ2v) is 4.79. The first kappa shape index (κ1) is 19.0. The number of guanidine groups is 1. The molecule has 0 spiro atoms. The summed E-state index contributed by atoms with van der Waals surface area (Å²) in [5.41, 5.74) is 8.62. The monoisotopic (exact) mass is 424 g/mol. The molecule has 0 aromatic heterocycles. The van der Waals surface area contributed by atoms with Crippen LogP contribution in [0.4, 0.5) is 11.4 Å². The van der Waals surface area contributed by atoms with Crippen molar-refractivity contribution in [3.05, 3.63) is 60.2 Å². The summed E-state index contributed by atoms with van der Waals surface area (Å²) in [6, 6.07) is 17.2. The molecule has 0 saturated heterocycles. The van der Waals surface area contributed by atoms with Crippen LogP contribution >= 0.6 is 24.0 Å². The third-order valence-electron chi connectivity index (χ3n) is 3.09. The predicted molar refractivity (Wildman–Crippen MR) is 106 cm³/mol. The van der Waals surface area contributed by atoms with E-state index in [1.165, 1.54) is 5.56 Å². The minimum absolute atomic E-state index is 0. The van der Waals surface area contributed by atoms with Gasteiger partial charge in [-0.3, -0.25) is 4.79 Å². The van der Waals surface area contributed by atoms with Gasteiger partial charge < -0.3 is 16.4 Å². The van der Waals surface area contributed by atoms with Gasteiger partial charge in [0.25, 0.3) is 0 Å². The van der Waals surface area contributed by atoms with Gasteiger partial charge in [-0.25, -0.2) is 4.99 Å². The third kappa shape index (κ3) is 6.68. The number of para-hydroxylation sites is 1. The summed E-state index contributed by atoms with van der Waals surface area (Å²) >= 11 is 0. The van der Waals surface area contributed by atoms with Gasteiger partial charge in [0.2, 0.25) is 5.91 Å². The van der Waals surface area contributed by atoms with Crippen LogP contribution in [0.25, 0.3) is 0 Å². The maximum atomic E-state index is 11.8. The van der Waals surface area contributed by atoms with Gasteiger partial charge in [0.05, 0.1) is 0 Å². The standard InChI is InChI=1S/C17H20N4O.HI/c1-2-13-8-10-15(11-9-13)21-17(18)19-12-16(22)20-14-6-4-3-5-7-14;/h3-11H,2,12H2,1H3,(H,20,22)(H3,18,19,21);1H. The molecule has 0 unspecified atom stereocenters. The van der Waals surface area contributed by atoms with Gasteiger partial charge in [-0.1, -0.05) is 37.3 Å². The van der Waals surface area contributed by atoms with Gasteiger partial charge >= 0.3 is 0 Å². The Balaban J connectivity index is 0.00000264. The van der Waals surface area contributed by atoms with Crippen LogP contribution in [0.3, 0.4) is 0 Å². The number of amides is 1. The SMILES string of the molecule is CCc1ccc(NC(N)=NCC(=O)Nc2ccccc2)cc1.I. The van der Waals surface area contributed by atoms with Crippen LogP contribution in [0.5, 0.6) is 0 Å². The van der Waals surface area contributed by atoms with Gasteiger partial charge in [-0.2, -0.15) is 0 Å². The molecule has 0 aliphatic carbocycles. The number of anilines is 2. The van der Waals surface area contributed by atoms with Crippen molar-refractivity contribution >= 4 is 47.2 Å². The molecule has 6 heteroatoms. The van der Waals surface area contributed by atoms with E-state index in [-0.39, 0.29) is 42.4 Å². The normalized spacial score (nSPS) is 10.6.